The summed E-state index contributed by atoms with van der Waals surface area (Å²) in [6.45, 7) is 8.22. The van der Waals surface area contributed by atoms with Crippen molar-refractivity contribution in [3.8, 4) is 0 Å². The van der Waals surface area contributed by atoms with Crippen LogP contribution in [-0.4, -0.2) is 23.1 Å². The van der Waals surface area contributed by atoms with E-state index in [0.717, 1.165) is 12.1 Å². The van der Waals surface area contributed by atoms with Crippen LogP contribution in [0, 0.1) is 16.6 Å². The third-order valence-corrected chi connectivity index (χ3v) is 4.76. The molecule has 1 aliphatic carbocycles. The Morgan fingerprint density at radius 2 is 1.76 bits per heavy atom. The van der Waals surface area contributed by atoms with E-state index >= 15 is 0 Å². The van der Waals surface area contributed by atoms with Crippen LogP contribution in [-0.2, 0) is 0 Å². The Kier molecular flexibility index (Phi) is 3.43. The molecule has 0 atom stereocenters. The number of hydrogen-bond donors (Lipinski definition) is 3. The van der Waals surface area contributed by atoms with Crippen molar-refractivity contribution in [3.05, 3.63) is 29.6 Å². The van der Waals surface area contributed by atoms with Crippen molar-refractivity contribution in [1.29, 1.82) is 0 Å². The van der Waals surface area contributed by atoms with E-state index in [2.05, 4.69) is 38.3 Å². The quantitative estimate of drug-likeness (QED) is 0.801. The standard InChI is InChI=1S/C15H19FN2O3/c1-14(2)12(15(14,3)4)18-13(21)17-10-6-5-8(16)7-9(10)11(19)20/h5-7,12H,1-4H3,(H,19,20)(H2,17,18,21). The smallest absolute Gasteiger partial charge is 0.337 e. The molecule has 0 bridgehead atoms. The number of rotatable bonds is 3. The van der Waals surface area contributed by atoms with Gasteiger partial charge in [0.1, 0.15) is 5.82 Å². The molecular weight excluding hydrogens is 275 g/mol. The fourth-order valence-corrected chi connectivity index (χ4v) is 2.65. The first-order valence-electron chi connectivity index (χ1n) is 6.67. The van der Waals surface area contributed by atoms with Gasteiger partial charge in [-0.2, -0.15) is 0 Å². The minimum absolute atomic E-state index is 0.00118. The first kappa shape index (κ1) is 15.3. The molecule has 1 saturated carbocycles. The number of amides is 2. The second kappa shape index (κ2) is 4.72. The van der Waals surface area contributed by atoms with Gasteiger partial charge in [-0.3, -0.25) is 0 Å². The number of carboxylic acid groups (broad SMARTS) is 1. The topological polar surface area (TPSA) is 78.4 Å². The molecule has 0 aliphatic heterocycles. The molecule has 0 radical (unpaired) electrons. The summed E-state index contributed by atoms with van der Waals surface area (Å²) in [7, 11) is 0. The molecule has 5 nitrogen and oxygen atoms in total. The predicted octanol–water partition coefficient (Wildman–Crippen LogP) is 3.08. The van der Waals surface area contributed by atoms with Crippen LogP contribution in [0.1, 0.15) is 38.1 Å². The molecule has 1 fully saturated rings. The average molecular weight is 294 g/mol. The van der Waals surface area contributed by atoms with Gasteiger partial charge in [0.25, 0.3) is 0 Å². The van der Waals surface area contributed by atoms with E-state index in [1.165, 1.54) is 6.07 Å². The number of anilines is 1. The molecule has 0 spiro atoms. The van der Waals surface area contributed by atoms with Crippen LogP contribution in [0.4, 0.5) is 14.9 Å². The second-order valence-electron chi connectivity index (χ2n) is 6.47. The molecule has 2 rings (SSSR count). The predicted molar refractivity (Wildman–Crippen MR) is 76.9 cm³/mol. The molecule has 0 heterocycles. The highest BCUT2D eigenvalue weighted by Gasteiger charge is 2.65. The molecule has 0 aromatic heterocycles. The lowest BCUT2D eigenvalue weighted by Gasteiger charge is -2.11. The van der Waals surface area contributed by atoms with Gasteiger partial charge in [0, 0.05) is 6.04 Å². The average Bonchev–Trinajstić information content (AvgIpc) is 2.74. The van der Waals surface area contributed by atoms with Crippen LogP contribution in [0.2, 0.25) is 0 Å². The van der Waals surface area contributed by atoms with Gasteiger partial charge in [0.05, 0.1) is 11.3 Å². The SMILES string of the molecule is CC1(C)C(NC(=O)Nc2ccc(F)cc2C(=O)O)C1(C)C. The number of urea groups is 1. The number of nitrogens with one attached hydrogen (secondary N) is 2. The van der Waals surface area contributed by atoms with E-state index in [0.29, 0.717) is 0 Å². The van der Waals surface area contributed by atoms with Gasteiger partial charge in [-0.05, 0) is 29.0 Å². The highest BCUT2D eigenvalue weighted by Crippen LogP contribution is 2.62. The van der Waals surface area contributed by atoms with Crippen molar-refractivity contribution in [2.24, 2.45) is 10.8 Å². The fourth-order valence-electron chi connectivity index (χ4n) is 2.65. The molecular formula is C15H19FN2O3. The summed E-state index contributed by atoms with van der Waals surface area (Å²) in [6, 6.07) is 2.73. The maximum atomic E-state index is 13.1. The van der Waals surface area contributed by atoms with Gasteiger partial charge in [-0.25, -0.2) is 14.0 Å². The van der Waals surface area contributed by atoms with Gasteiger partial charge in [0.15, 0.2) is 0 Å². The maximum Gasteiger partial charge on any atom is 0.337 e. The highest BCUT2D eigenvalue weighted by atomic mass is 19.1. The Hall–Kier alpha value is -2.11. The van der Waals surface area contributed by atoms with Gasteiger partial charge < -0.3 is 15.7 Å². The molecule has 1 aromatic carbocycles. The summed E-state index contributed by atoms with van der Waals surface area (Å²) in [6.07, 6.45) is 0. The molecule has 0 saturated heterocycles. The molecule has 1 aliphatic rings. The molecule has 114 valence electrons. The van der Waals surface area contributed by atoms with Crippen LogP contribution in [0.3, 0.4) is 0 Å². The summed E-state index contributed by atoms with van der Waals surface area (Å²) >= 11 is 0. The van der Waals surface area contributed by atoms with E-state index in [9.17, 15) is 14.0 Å². The lowest BCUT2D eigenvalue weighted by Crippen LogP contribution is -2.34. The van der Waals surface area contributed by atoms with Crippen molar-refractivity contribution < 1.29 is 19.1 Å². The molecule has 6 heteroatoms. The third-order valence-electron chi connectivity index (χ3n) is 4.76. The minimum atomic E-state index is -1.29. The van der Waals surface area contributed by atoms with E-state index in [1.807, 2.05) is 0 Å². The first-order valence-corrected chi connectivity index (χ1v) is 6.67. The van der Waals surface area contributed by atoms with E-state index in [1.54, 1.807) is 0 Å². The summed E-state index contributed by atoms with van der Waals surface area (Å²) in [5, 5.41) is 14.3. The Bertz CT molecular complexity index is 597. The summed E-state index contributed by atoms with van der Waals surface area (Å²) in [4.78, 5) is 23.0. The number of carbonyl (C=O) groups is 2. The van der Waals surface area contributed by atoms with E-state index in [4.69, 9.17) is 5.11 Å². The largest absolute Gasteiger partial charge is 0.478 e. The maximum absolute atomic E-state index is 13.1. The van der Waals surface area contributed by atoms with Crippen molar-refractivity contribution in [2.45, 2.75) is 33.7 Å². The number of carbonyl (C=O) groups excluding carboxylic acids is 1. The number of aromatic carboxylic acids is 1. The molecule has 0 unspecified atom stereocenters. The van der Waals surface area contributed by atoms with Gasteiger partial charge in [-0.15, -0.1) is 0 Å². The number of carboxylic acids is 1. The zero-order chi connectivity index (χ0) is 16.0. The third kappa shape index (κ3) is 2.57. The minimum Gasteiger partial charge on any atom is -0.478 e. The van der Waals surface area contributed by atoms with Crippen LogP contribution < -0.4 is 10.6 Å². The van der Waals surface area contributed by atoms with Crippen molar-refractivity contribution in [1.82, 2.24) is 5.32 Å². The number of hydrogen-bond acceptors (Lipinski definition) is 2. The van der Waals surface area contributed by atoms with Gasteiger partial charge in [0.2, 0.25) is 0 Å². The van der Waals surface area contributed by atoms with Gasteiger partial charge >= 0.3 is 12.0 Å². The highest BCUT2D eigenvalue weighted by molar-refractivity contribution is 6.00. The summed E-state index contributed by atoms with van der Waals surface area (Å²) in [5.41, 5.74) is -0.261. The Balaban J connectivity index is 2.10. The Labute approximate surface area is 122 Å². The number of halogens is 1. The molecule has 1 aromatic rings. The fraction of sp³-hybridized carbons (Fsp3) is 0.467. The second-order valence-corrected chi connectivity index (χ2v) is 6.47. The molecule has 21 heavy (non-hydrogen) atoms. The summed E-state index contributed by atoms with van der Waals surface area (Å²) in [5.74, 6) is -1.96. The lowest BCUT2D eigenvalue weighted by atomic mass is 10.0. The first-order chi connectivity index (χ1) is 9.57. The van der Waals surface area contributed by atoms with Crippen LogP contribution in [0.25, 0.3) is 0 Å². The van der Waals surface area contributed by atoms with Crippen molar-refractivity contribution >= 4 is 17.7 Å². The Morgan fingerprint density at radius 1 is 1.19 bits per heavy atom. The normalized spacial score (nSPS) is 18.9. The summed E-state index contributed by atoms with van der Waals surface area (Å²) < 4.78 is 13.1. The van der Waals surface area contributed by atoms with Crippen LogP contribution >= 0.6 is 0 Å². The molecule has 3 N–H and O–H groups in total. The van der Waals surface area contributed by atoms with Crippen molar-refractivity contribution in [3.63, 3.8) is 0 Å². The number of benzene rings is 1. The molecule has 2 amide bonds. The lowest BCUT2D eigenvalue weighted by molar-refractivity contribution is 0.0697. The van der Waals surface area contributed by atoms with Gasteiger partial charge in [-0.1, -0.05) is 27.7 Å². The van der Waals surface area contributed by atoms with E-state index < -0.39 is 17.8 Å². The monoisotopic (exact) mass is 294 g/mol. The van der Waals surface area contributed by atoms with Crippen molar-refractivity contribution in [2.75, 3.05) is 5.32 Å². The van der Waals surface area contributed by atoms with Crippen LogP contribution in [0.5, 0.6) is 0 Å². The zero-order valence-corrected chi connectivity index (χ0v) is 12.5. The Morgan fingerprint density at radius 3 is 2.24 bits per heavy atom. The van der Waals surface area contributed by atoms with Crippen LogP contribution in [0.15, 0.2) is 18.2 Å². The zero-order valence-electron chi connectivity index (χ0n) is 12.5. The van der Waals surface area contributed by atoms with E-state index in [-0.39, 0.29) is 28.1 Å².